The van der Waals surface area contributed by atoms with Crippen LogP contribution in [0.2, 0.25) is 0 Å². The van der Waals surface area contributed by atoms with Crippen molar-refractivity contribution in [1.82, 2.24) is 0 Å². The summed E-state index contributed by atoms with van der Waals surface area (Å²) in [5.74, 6) is -5.40. The van der Waals surface area contributed by atoms with Gasteiger partial charge < -0.3 is 10.2 Å². The molecular weight excluding hydrogens is 357 g/mol. The molecule has 0 rings (SSSR count). The third-order valence-electron chi connectivity index (χ3n) is 1.26. The van der Waals surface area contributed by atoms with Gasteiger partial charge in [0.1, 0.15) is 0 Å². The van der Waals surface area contributed by atoms with Crippen molar-refractivity contribution in [3.05, 3.63) is 23.7 Å². The van der Waals surface area contributed by atoms with Gasteiger partial charge in [0.05, 0.1) is 0 Å². The number of carbonyl (C=O) groups is 2. The quantitative estimate of drug-likeness (QED) is 0.447. The number of rotatable bonds is 2. The number of aliphatic hydroxyl groups is 2. The van der Waals surface area contributed by atoms with Crippen molar-refractivity contribution in [2.45, 2.75) is 26.2 Å². The number of alkyl halides is 6. The van der Waals surface area contributed by atoms with Gasteiger partial charge in [0.15, 0.2) is 11.6 Å². The van der Waals surface area contributed by atoms with Gasteiger partial charge in [-0.15, -0.1) is 0 Å². The summed E-state index contributed by atoms with van der Waals surface area (Å²) in [6, 6.07) is 0. The fraction of sp³-hybridized carbons (Fsp3) is 0.400. The van der Waals surface area contributed by atoms with Crippen molar-refractivity contribution in [1.29, 1.82) is 0 Å². The molecule has 0 unspecified atom stereocenters. The first-order chi connectivity index (χ1) is 8.67. The van der Waals surface area contributed by atoms with Gasteiger partial charge in [-0.2, -0.15) is 26.3 Å². The van der Waals surface area contributed by atoms with E-state index in [1.165, 1.54) is 0 Å². The predicted molar refractivity (Wildman–Crippen MR) is 54.9 cm³/mol. The van der Waals surface area contributed by atoms with Crippen LogP contribution in [0.15, 0.2) is 23.7 Å². The maximum Gasteiger partial charge on any atom is 0.448 e. The summed E-state index contributed by atoms with van der Waals surface area (Å²) in [6.45, 7) is 1.84. The van der Waals surface area contributed by atoms with Crippen LogP contribution in [-0.2, 0) is 26.4 Å². The van der Waals surface area contributed by atoms with Crippen LogP contribution in [0.1, 0.15) is 13.8 Å². The van der Waals surface area contributed by atoms with Gasteiger partial charge in [-0.05, 0) is 13.8 Å². The Hall–Kier alpha value is -1.49. The van der Waals surface area contributed by atoms with Gasteiger partial charge in [0.25, 0.3) is 0 Å². The minimum Gasteiger partial charge on any atom is -0.504 e. The molecule has 0 amide bonds. The molecule has 21 heavy (non-hydrogen) atoms. The van der Waals surface area contributed by atoms with Crippen LogP contribution >= 0.6 is 0 Å². The molecule has 2 N–H and O–H groups in total. The molecule has 0 bridgehead atoms. The SMILES string of the molecule is CC(=O)C=C(O)C(F)(F)F.CC(=O)C=C(O)C(F)(F)F.[Co]. The maximum absolute atomic E-state index is 11.3. The topological polar surface area (TPSA) is 74.6 Å². The molecule has 4 nitrogen and oxygen atoms in total. The minimum absolute atomic E-state index is 0. The standard InChI is InChI=1S/2C5H5F3O2.Co/c2*1-3(9)2-4(10)5(6,7)8;/h2*2,10H,1H3;. The van der Waals surface area contributed by atoms with Gasteiger partial charge in [-0.1, -0.05) is 0 Å². The second kappa shape index (κ2) is 9.44. The molecule has 125 valence electrons. The molecule has 0 heterocycles. The van der Waals surface area contributed by atoms with E-state index in [2.05, 4.69) is 0 Å². The van der Waals surface area contributed by atoms with Crippen molar-refractivity contribution < 1.29 is 62.9 Å². The van der Waals surface area contributed by atoms with Crippen molar-refractivity contribution in [3.8, 4) is 0 Å². The van der Waals surface area contributed by atoms with Crippen LogP contribution in [0, 0.1) is 0 Å². The average molecular weight is 367 g/mol. The van der Waals surface area contributed by atoms with Crippen molar-refractivity contribution >= 4 is 11.6 Å². The summed E-state index contributed by atoms with van der Waals surface area (Å²) in [5.41, 5.74) is 0. The first-order valence-corrected chi connectivity index (χ1v) is 4.64. The Bertz CT molecular complexity index is 382. The van der Waals surface area contributed by atoms with Crippen LogP contribution in [0.25, 0.3) is 0 Å². The first-order valence-electron chi connectivity index (χ1n) is 4.64. The molecule has 0 saturated carbocycles. The van der Waals surface area contributed by atoms with Gasteiger partial charge in [0, 0.05) is 28.9 Å². The molecule has 0 atom stereocenters. The zero-order chi connectivity index (χ0) is 16.7. The molecule has 0 aliphatic carbocycles. The molecule has 0 spiro atoms. The fourth-order valence-electron chi connectivity index (χ4n) is 0.549. The van der Waals surface area contributed by atoms with E-state index >= 15 is 0 Å². The molecule has 0 aliphatic heterocycles. The Labute approximate surface area is 125 Å². The summed E-state index contributed by atoms with van der Waals surface area (Å²) in [7, 11) is 0. The van der Waals surface area contributed by atoms with E-state index in [4.69, 9.17) is 10.2 Å². The summed E-state index contributed by atoms with van der Waals surface area (Å²) >= 11 is 0. The van der Waals surface area contributed by atoms with E-state index in [0.29, 0.717) is 0 Å². The summed E-state index contributed by atoms with van der Waals surface area (Å²) in [6.07, 6.45) is -9.38. The number of hydrogen-bond donors (Lipinski definition) is 2. The summed E-state index contributed by atoms with van der Waals surface area (Å²) < 4.78 is 68.0. The van der Waals surface area contributed by atoms with Crippen LogP contribution in [0.5, 0.6) is 0 Å². The number of hydrogen-bond acceptors (Lipinski definition) is 4. The van der Waals surface area contributed by atoms with E-state index in [1.54, 1.807) is 0 Å². The van der Waals surface area contributed by atoms with Gasteiger partial charge in [0.2, 0.25) is 11.5 Å². The third kappa shape index (κ3) is 14.7. The Balaban J connectivity index is -0.000000295. The van der Waals surface area contributed by atoms with Crippen LogP contribution in [0.4, 0.5) is 26.3 Å². The van der Waals surface area contributed by atoms with E-state index in [9.17, 15) is 35.9 Å². The van der Waals surface area contributed by atoms with Crippen LogP contribution < -0.4 is 0 Å². The Morgan fingerprint density at radius 2 is 0.952 bits per heavy atom. The Morgan fingerprint density at radius 3 is 1.00 bits per heavy atom. The number of ketones is 2. The van der Waals surface area contributed by atoms with E-state index in [-0.39, 0.29) is 28.9 Å². The number of allylic oxidation sites excluding steroid dienone is 4. The molecule has 0 aliphatic rings. The molecule has 0 aromatic carbocycles. The fourth-order valence-corrected chi connectivity index (χ4v) is 0.549. The largest absolute Gasteiger partial charge is 0.504 e. The van der Waals surface area contributed by atoms with Crippen molar-refractivity contribution in [3.63, 3.8) is 0 Å². The maximum atomic E-state index is 11.3. The second-order valence-corrected chi connectivity index (χ2v) is 3.28. The van der Waals surface area contributed by atoms with E-state index < -0.39 is 35.4 Å². The zero-order valence-electron chi connectivity index (χ0n) is 10.5. The van der Waals surface area contributed by atoms with E-state index in [1.807, 2.05) is 0 Å². The normalized spacial score (nSPS) is 12.8. The van der Waals surface area contributed by atoms with Crippen LogP contribution in [-0.4, -0.2) is 34.1 Å². The molecule has 1 radical (unpaired) electrons. The van der Waals surface area contributed by atoms with E-state index in [0.717, 1.165) is 13.8 Å². The number of carbonyl (C=O) groups excluding carboxylic acids is 2. The molecule has 0 saturated heterocycles. The smallest absolute Gasteiger partial charge is 0.448 e. The first kappa shape index (κ1) is 24.5. The Kier molecular flexibility index (Phi) is 11.0. The predicted octanol–water partition coefficient (Wildman–Crippen LogP) is 3.16. The molecule has 0 fully saturated rings. The molecular formula is C10H10CoF6O4. The number of halogens is 6. The molecule has 11 heteroatoms. The summed E-state index contributed by atoms with van der Waals surface area (Å²) in [4.78, 5) is 19.9. The minimum atomic E-state index is -4.81. The average Bonchev–Trinajstić information content (AvgIpc) is 2.13. The second-order valence-electron chi connectivity index (χ2n) is 3.28. The zero-order valence-corrected chi connectivity index (χ0v) is 11.5. The van der Waals surface area contributed by atoms with Crippen molar-refractivity contribution in [2.24, 2.45) is 0 Å². The van der Waals surface area contributed by atoms with Crippen molar-refractivity contribution in [2.75, 3.05) is 0 Å². The monoisotopic (exact) mass is 367 g/mol. The van der Waals surface area contributed by atoms with Crippen LogP contribution in [0.3, 0.4) is 0 Å². The molecule has 0 aromatic rings. The molecule has 0 aromatic heterocycles. The van der Waals surface area contributed by atoms with Gasteiger partial charge >= 0.3 is 12.4 Å². The van der Waals surface area contributed by atoms with Gasteiger partial charge in [-0.25, -0.2) is 0 Å². The number of aliphatic hydroxyl groups excluding tert-OH is 2. The Morgan fingerprint density at radius 1 is 0.762 bits per heavy atom. The summed E-state index contributed by atoms with van der Waals surface area (Å²) in [5, 5.41) is 16.1. The van der Waals surface area contributed by atoms with Gasteiger partial charge in [-0.3, -0.25) is 9.59 Å². The third-order valence-corrected chi connectivity index (χ3v) is 1.26.